The predicted octanol–water partition coefficient (Wildman–Crippen LogP) is 1.09. The van der Waals surface area contributed by atoms with Crippen molar-refractivity contribution in [3.63, 3.8) is 0 Å². The van der Waals surface area contributed by atoms with Crippen LogP contribution >= 0.6 is 0 Å². The van der Waals surface area contributed by atoms with Crippen LogP contribution < -0.4 is 5.32 Å². The summed E-state index contributed by atoms with van der Waals surface area (Å²) in [5.74, 6) is 0. The van der Waals surface area contributed by atoms with Gasteiger partial charge in [-0.3, -0.25) is 0 Å². The van der Waals surface area contributed by atoms with Crippen molar-refractivity contribution in [3.05, 3.63) is 24.8 Å². The highest BCUT2D eigenvalue weighted by Gasteiger charge is 2.19. The van der Waals surface area contributed by atoms with Gasteiger partial charge in [0.05, 0.1) is 0 Å². The molecule has 1 rings (SSSR count). The molecule has 0 aromatic heterocycles. The third-order valence-corrected chi connectivity index (χ3v) is 1.29. The van der Waals surface area contributed by atoms with E-state index in [9.17, 15) is 0 Å². The Morgan fingerprint density at radius 2 is 2.50 bits per heavy atom. The Bertz CT molecular complexity index is 112. The fourth-order valence-electron chi connectivity index (χ4n) is 0.627. The Labute approximate surface area is 50.1 Å². The van der Waals surface area contributed by atoms with Crippen molar-refractivity contribution in [2.45, 2.75) is 12.5 Å². The van der Waals surface area contributed by atoms with E-state index < -0.39 is 0 Å². The van der Waals surface area contributed by atoms with Crippen LogP contribution in [0.25, 0.3) is 0 Å². The Kier molecular flexibility index (Phi) is 1.49. The minimum atomic E-state index is 0.709. The highest BCUT2D eigenvalue weighted by atomic mass is 15.1. The van der Waals surface area contributed by atoms with Crippen LogP contribution in [0.3, 0.4) is 0 Å². The molecule has 0 radical (unpaired) electrons. The van der Waals surface area contributed by atoms with Gasteiger partial charge in [-0.2, -0.15) is 0 Å². The van der Waals surface area contributed by atoms with Crippen molar-refractivity contribution in [2.24, 2.45) is 0 Å². The summed E-state index contributed by atoms with van der Waals surface area (Å²) in [4.78, 5) is 0. The zero-order valence-electron chi connectivity index (χ0n) is 4.98. The quantitative estimate of drug-likeness (QED) is 0.425. The summed E-state index contributed by atoms with van der Waals surface area (Å²) in [6, 6.07) is 0.709. The average Bonchev–Trinajstić information content (AvgIpc) is 2.50. The summed E-state index contributed by atoms with van der Waals surface area (Å²) in [5.41, 5.74) is 1.14. The van der Waals surface area contributed by atoms with E-state index >= 15 is 0 Å². The lowest BCUT2D eigenvalue weighted by atomic mass is 10.2. The number of hydrogen-bond acceptors (Lipinski definition) is 1. The minimum Gasteiger partial charge on any atom is -0.311 e. The molecule has 0 bridgehead atoms. The molecule has 1 aliphatic heterocycles. The highest BCUT2D eigenvalue weighted by molar-refractivity contribution is 5.14. The summed E-state index contributed by atoms with van der Waals surface area (Å²) < 4.78 is 0. The van der Waals surface area contributed by atoms with Crippen molar-refractivity contribution in [3.8, 4) is 0 Å². The summed E-state index contributed by atoms with van der Waals surface area (Å²) in [6.45, 7) is 8.57. The Balaban J connectivity index is 2.16. The Morgan fingerprint density at radius 3 is 2.88 bits per heavy atom. The van der Waals surface area contributed by atoms with Crippen LogP contribution in [0.5, 0.6) is 0 Å². The van der Waals surface area contributed by atoms with E-state index in [2.05, 4.69) is 18.5 Å². The molecule has 1 heterocycles. The molecule has 0 amide bonds. The van der Waals surface area contributed by atoms with Crippen molar-refractivity contribution >= 4 is 0 Å². The van der Waals surface area contributed by atoms with Gasteiger partial charge in [0.15, 0.2) is 0 Å². The monoisotopic (exact) mass is 109 g/mol. The van der Waals surface area contributed by atoms with Gasteiger partial charge in [0.1, 0.15) is 0 Å². The number of allylic oxidation sites excluding steroid dienone is 1. The normalized spacial score (nSPS) is 24.8. The van der Waals surface area contributed by atoms with E-state index in [1.165, 1.54) is 0 Å². The first-order chi connectivity index (χ1) is 3.83. The summed E-state index contributed by atoms with van der Waals surface area (Å²) in [5, 5.41) is 3.19. The standard InChI is InChI=1S/C7H11N/c1-3-6(2)4-7-5-8-7/h3,7-8H,1-2,4-5H2. The SMILES string of the molecule is C=CC(=C)CC1CN1. The molecule has 0 aliphatic carbocycles. The van der Waals surface area contributed by atoms with Crippen molar-refractivity contribution in [1.29, 1.82) is 0 Å². The van der Waals surface area contributed by atoms with Crippen LogP contribution in [0.4, 0.5) is 0 Å². The summed E-state index contributed by atoms with van der Waals surface area (Å²) in [6.07, 6.45) is 2.89. The Morgan fingerprint density at radius 1 is 1.88 bits per heavy atom. The smallest absolute Gasteiger partial charge is 0.0233 e. The van der Waals surface area contributed by atoms with E-state index in [-0.39, 0.29) is 0 Å². The average molecular weight is 109 g/mol. The molecular weight excluding hydrogens is 98.1 g/mol. The first-order valence-corrected chi connectivity index (χ1v) is 2.86. The van der Waals surface area contributed by atoms with Gasteiger partial charge in [-0.1, -0.05) is 24.8 Å². The molecular formula is C7H11N. The second-order valence-corrected chi connectivity index (χ2v) is 2.17. The van der Waals surface area contributed by atoms with Gasteiger partial charge >= 0.3 is 0 Å². The molecule has 1 nitrogen and oxygen atoms in total. The maximum Gasteiger partial charge on any atom is 0.0233 e. The van der Waals surface area contributed by atoms with E-state index in [4.69, 9.17) is 0 Å². The first kappa shape index (κ1) is 5.57. The van der Waals surface area contributed by atoms with Crippen LogP contribution in [-0.4, -0.2) is 12.6 Å². The van der Waals surface area contributed by atoms with Gasteiger partial charge in [0.25, 0.3) is 0 Å². The van der Waals surface area contributed by atoms with Crippen LogP contribution in [0.1, 0.15) is 6.42 Å². The fourth-order valence-corrected chi connectivity index (χ4v) is 0.627. The number of rotatable bonds is 3. The lowest BCUT2D eigenvalue weighted by Gasteiger charge is -1.91. The zero-order chi connectivity index (χ0) is 5.98. The van der Waals surface area contributed by atoms with Crippen molar-refractivity contribution in [1.82, 2.24) is 5.32 Å². The van der Waals surface area contributed by atoms with Gasteiger partial charge in [-0.15, -0.1) is 0 Å². The first-order valence-electron chi connectivity index (χ1n) is 2.86. The molecule has 1 heteroatoms. The Hall–Kier alpha value is -0.560. The molecule has 1 saturated heterocycles. The molecule has 1 aliphatic rings. The molecule has 0 saturated carbocycles. The molecule has 1 atom stereocenters. The topological polar surface area (TPSA) is 21.9 Å². The molecule has 0 aromatic rings. The van der Waals surface area contributed by atoms with E-state index in [0.29, 0.717) is 6.04 Å². The van der Waals surface area contributed by atoms with Crippen molar-refractivity contribution < 1.29 is 0 Å². The van der Waals surface area contributed by atoms with Gasteiger partial charge in [-0.05, 0) is 6.42 Å². The molecule has 1 unspecified atom stereocenters. The fraction of sp³-hybridized carbons (Fsp3) is 0.429. The number of hydrogen-bond donors (Lipinski definition) is 1. The predicted molar refractivity (Wildman–Crippen MR) is 35.7 cm³/mol. The maximum absolute atomic E-state index is 3.80. The summed E-state index contributed by atoms with van der Waals surface area (Å²) >= 11 is 0. The molecule has 0 aromatic carbocycles. The van der Waals surface area contributed by atoms with E-state index in [1.54, 1.807) is 0 Å². The van der Waals surface area contributed by atoms with E-state index in [0.717, 1.165) is 18.5 Å². The van der Waals surface area contributed by atoms with Gasteiger partial charge < -0.3 is 5.32 Å². The molecule has 44 valence electrons. The van der Waals surface area contributed by atoms with E-state index in [1.807, 2.05) is 6.08 Å². The minimum absolute atomic E-state index is 0.709. The largest absolute Gasteiger partial charge is 0.311 e. The number of nitrogens with one attached hydrogen (secondary N) is 1. The molecule has 8 heavy (non-hydrogen) atoms. The maximum atomic E-state index is 3.80. The zero-order valence-corrected chi connectivity index (χ0v) is 4.98. The van der Waals surface area contributed by atoms with Gasteiger partial charge in [0, 0.05) is 12.6 Å². The second kappa shape index (κ2) is 2.14. The lowest BCUT2D eigenvalue weighted by Crippen LogP contribution is -1.89. The van der Waals surface area contributed by atoms with Crippen LogP contribution in [0.15, 0.2) is 24.8 Å². The molecule has 1 fully saturated rings. The van der Waals surface area contributed by atoms with Crippen LogP contribution in [0, 0.1) is 0 Å². The van der Waals surface area contributed by atoms with Gasteiger partial charge in [-0.25, -0.2) is 0 Å². The molecule has 1 N–H and O–H groups in total. The molecule has 0 spiro atoms. The van der Waals surface area contributed by atoms with Crippen LogP contribution in [-0.2, 0) is 0 Å². The second-order valence-electron chi connectivity index (χ2n) is 2.17. The third-order valence-electron chi connectivity index (χ3n) is 1.29. The lowest BCUT2D eigenvalue weighted by molar-refractivity contribution is 0.939. The third kappa shape index (κ3) is 1.51. The summed E-state index contributed by atoms with van der Waals surface area (Å²) in [7, 11) is 0. The highest BCUT2D eigenvalue weighted by Crippen LogP contribution is 2.09. The van der Waals surface area contributed by atoms with Gasteiger partial charge in [0.2, 0.25) is 0 Å². The van der Waals surface area contributed by atoms with Crippen LogP contribution in [0.2, 0.25) is 0 Å². The van der Waals surface area contributed by atoms with Crippen molar-refractivity contribution in [2.75, 3.05) is 6.54 Å².